The van der Waals surface area contributed by atoms with E-state index in [0.717, 1.165) is 22.6 Å². The number of pyridine rings is 1. The van der Waals surface area contributed by atoms with Crippen LogP contribution >= 0.6 is 0 Å². The number of piperidine rings is 1. The Bertz CT molecular complexity index is 1850. The summed E-state index contributed by atoms with van der Waals surface area (Å²) in [7, 11) is -3.51. The Kier molecular flexibility index (Phi) is 8.02. The monoisotopic (exact) mass is 666 g/mol. The predicted molar refractivity (Wildman–Crippen MR) is 172 cm³/mol. The van der Waals surface area contributed by atoms with E-state index in [4.69, 9.17) is 0 Å². The number of nitrogens with one attached hydrogen (secondary N) is 2. The first kappa shape index (κ1) is 31.3. The number of nitrogens with zero attached hydrogens (tertiary/aromatic N) is 8. The highest BCUT2D eigenvalue weighted by Crippen LogP contribution is 2.35. The third-order valence-electron chi connectivity index (χ3n) is 9.01. The predicted octanol–water partition coefficient (Wildman–Crippen LogP) is 4.62. The third-order valence-corrected chi connectivity index (χ3v) is 11.0. The van der Waals surface area contributed by atoms with Crippen molar-refractivity contribution in [1.29, 1.82) is 0 Å². The molecule has 7 rings (SSSR count). The molecular weight excluding hydrogens is 630 g/mol. The second kappa shape index (κ2) is 12.0. The standard InChI is InChI=1S/C31H36F2N10O3S/c1-30(44)9-6-21(7-10-30)37-25-16-27(35-18-23(25)24-4-5-28(41-40-24)42-14-11-31(32,33)12-15-42)38-26-8-13-34-29(39-26)20-17-36-43(19-20)47(45,46)22-2-3-22/h4-5,8,13,16-19,21-22,44H,2-3,6-7,9-12,14-15H2,1H3,(H2,34,35,37,38,39). The Hall–Kier alpha value is -4.31. The maximum Gasteiger partial charge on any atom is 0.256 e. The smallest absolute Gasteiger partial charge is 0.256 e. The summed E-state index contributed by atoms with van der Waals surface area (Å²) in [5.41, 5.74) is 1.83. The van der Waals surface area contributed by atoms with E-state index < -0.39 is 26.8 Å². The van der Waals surface area contributed by atoms with Gasteiger partial charge < -0.3 is 20.6 Å². The fraction of sp³-hybridized carbons (Fsp3) is 0.484. The van der Waals surface area contributed by atoms with Gasteiger partial charge in [0.1, 0.15) is 11.6 Å². The maximum absolute atomic E-state index is 13.7. The summed E-state index contributed by atoms with van der Waals surface area (Å²) in [6.07, 6.45) is 9.86. The molecular formula is C31H36F2N10O3S. The number of halogens is 2. The van der Waals surface area contributed by atoms with Crippen LogP contribution in [0.2, 0.25) is 0 Å². The minimum Gasteiger partial charge on any atom is -0.390 e. The third kappa shape index (κ3) is 7.02. The van der Waals surface area contributed by atoms with Crippen molar-refractivity contribution in [2.24, 2.45) is 0 Å². The van der Waals surface area contributed by atoms with Gasteiger partial charge in [0.15, 0.2) is 11.6 Å². The first-order valence-electron chi connectivity index (χ1n) is 15.8. The van der Waals surface area contributed by atoms with Crippen molar-refractivity contribution in [3.05, 3.63) is 49.1 Å². The van der Waals surface area contributed by atoms with E-state index in [1.807, 2.05) is 24.0 Å². The fourth-order valence-electron chi connectivity index (χ4n) is 5.93. The number of aliphatic hydroxyl groups is 1. The zero-order chi connectivity index (χ0) is 32.8. The fourth-order valence-corrected chi connectivity index (χ4v) is 7.40. The van der Waals surface area contributed by atoms with Crippen molar-refractivity contribution in [2.45, 2.75) is 81.1 Å². The maximum atomic E-state index is 13.7. The van der Waals surface area contributed by atoms with Crippen LogP contribution in [0.4, 0.5) is 31.9 Å². The summed E-state index contributed by atoms with van der Waals surface area (Å²) in [5.74, 6) is -0.842. The summed E-state index contributed by atoms with van der Waals surface area (Å²) < 4.78 is 53.5. The van der Waals surface area contributed by atoms with Crippen LogP contribution in [-0.4, -0.2) is 83.8 Å². The molecule has 0 radical (unpaired) electrons. The lowest BCUT2D eigenvalue weighted by atomic mass is 9.83. The van der Waals surface area contributed by atoms with Crippen molar-refractivity contribution in [3.8, 4) is 22.6 Å². The highest BCUT2D eigenvalue weighted by molar-refractivity contribution is 7.90. The van der Waals surface area contributed by atoms with Crippen molar-refractivity contribution < 1.29 is 22.3 Å². The zero-order valence-electron chi connectivity index (χ0n) is 25.9. The van der Waals surface area contributed by atoms with E-state index in [2.05, 4.69) is 40.9 Å². The largest absolute Gasteiger partial charge is 0.390 e. The van der Waals surface area contributed by atoms with E-state index in [-0.39, 0.29) is 32.0 Å². The average molecular weight is 667 g/mol. The summed E-state index contributed by atoms with van der Waals surface area (Å²) in [4.78, 5) is 15.3. The van der Waals surface area contributed by atoms with Crippen LogP contribution in [0.25, 0.3) is 22.6 Å². The van der Waals surface area contributed by atoms with Gasteiger partial charge >= 0.3 is 0 Å². The quantitative estimate of drug-likeness (QED) is 0.228. The normalized spacial score (nSPS) is 23.0. The number of rotatable bonds is 9. The molecule has 3 N–H and O–H groups in total. The van der Waals surface area contributed by atoms with Gasteiger partial charge in [-0.25, -0.2) is 32.2 Å². The van der Waals surface area contributed by atoms with Gasteiger partial charge in [0.05, 0.1) is 34.5 Å². The first-order valence-corrected chi connectivity index (χ1v) is 17.3. The second-order valence-corrected chi connectivity index (χ2v) is 15.0. The van der Waals surface area contributed by atoms with Crippen LogP contribution < -0.4 is 15.5 Å². The van der Waals surface area contributed by atoms with Gasteiger partial charge in [0, 0.05) is 61.7 Å². The Balaban J connectivity index is 1.13. The number of hydrogen-bond acceptors (Lipinski definition) is 12. The number of alkyl halides is 2. The lowest BCUT2D eigenvalue weighted by Crippen LogP contribution is -2.39. The Morgan fingerprint density at radius 3 is 2.43 bits per heavy atom. The van der Waals surface area contributed by atoms with E-state index in [9.17, 15) is 22.3 Å². The molecule has 5 heterocycles. The molecule has 1 saturated heterocycles. The van der Waals surface area contributed by atoms with E-state index in [0.29, 0.717) is 65.8 Å². The van der Waals surface area contributed by atoms with Crippen LogP contribution in [0.3, 0.4) is 0 Å². The highest BCUT2D eigenvalue weighted by Gasteiger charge is 2.38. The summed E-state index contributed by atoms with van der Waals surface area (Å²) in [6, 6.07) is 7.25. The van der Waals surface area contributed by atoms with Crippen molar-refractivity contribution in [2.75, 3.05) is 28.6 Å². The molecule has 13 nitrogen and oxygen atoms in total. The van der Waals surface area contributed by atoms with Gasteiger partial charge in [-0.05, 0) is 63.6 Å². The van der Waals surface area contributed by atoms with Crippen molar-refractivity contribution in [3.63, 3.8) is 0 Å². The first-order chi connectivity index (χ1) is 22.4. The molecule has 4 aromatic heterocycles. The van der Waals surface area contributed by atoms with Crippen LogP contribution in [-0.2, 0) is 10.0 Å². The molecule has 0 unspecified atom stereocenters. The van der Waals surface area contributed by atoms with E-state index in [1.54, 1.807) is 24.5 Å². The number of hydrogen-bond donors (Lipinski definition) is 3. The molecule has 3 aliphatic rings. The zero-order valence-corrected chi connectivity index (χ0v) is 26.7. The minimum atomic E-state index is -3.51. The SMILES string of the molecule is CC1(O)CCC(Nc2cc(Nc3ccnc(-c4cnn(S(=O)(=O)C5CC5)c4)n3)ncc2-c2ccc(N3CCC(F)(F)CC3)nn2)CC1. The molecule has 3 fully saturated rings. The molecule has 0 spiro atoms. The molecule has 47 heavy (non-hydrogen) atoms. The van der Waals surface area contributed by atoms with Gasteiger partial charge in [-0.2, -0.15) is 9.19 Å². The summed E-state index contributed by atoms with van der Waals surface area (Å²) in [5, 5.41) is 29.7. The lowest BCUT2D eigenvalue weighted by molar-refractivity contribution is -0.0221. The van der Waals surface area contributed by atoms with Crippen molar-refractivity contribution in [1.82, 2.24) is 34.3 Å². The minimum absolute atomic E-state index is 0.112. The molecule has 0 bridgehead atoms. The van der Waals surface area contributed by atoms with Gasteiger partial charge in [-0.1, -0.05) is 0 Å². The molecule has 4 aromatic rings. The highest BCUT2D eigenvalue weighted by atomic mass is 32.2. The van der Waals surface area contributed by atoms with Gasteiger partial charge in [-0.3, -0.25) is 0 Å². The van der Waals surface area contributed by atoms with Crippen molar-refractivity contribution >= 4 is 33.2 Å². The van der Waals surface area contributed by atoms with Crippen LogP contribution in [0.5, 0.6) is 0 Å². The average Bonchev–Trinajstić information content (AvgIpc) is 3.79. The van der Waals surface area contributed by atoms with Gasteiger partial charge in [0.25, 0.3) is 15.9 Å². The van der Waals surface area contributed by atoms with E-state index >= 15 is 0 Å². The molecule has 16 heteroatoms. The van der Waals surface area contributed by atoms with Gasteiger partial charge in [0.2, 0.25) is 0 Å². The molecule has 1 aliphatic heterocycles. The van der Waals surface area contributed by atoms with Gasteiger partial charge in [-0.15, -0.1) is 10.2 Å². The number of aromatic nitrogens is 7. The van der Waals surface area contributed by atoms with Crippen LogP contribution in [0.1, 0.15) is 58.3 Å². The topological polar surface area (TPSA) is 164 Å². The van der Waals surface area contributed by atoms with E-state index in [1.165, 1.54) is 12.4 Å². The molecule has 2 aliphatic carbocycles. The summed E-state index contributed by atoms with van der Waals surface area (Å²) >= 11 is 0. The molecule has 248 valence electrons. The molecule has 0 aromatic carbocycles. The summed E-state index contributed by atoms with van der Waals surface area (Å²) in [6.45, 7) is 2.29. The second-order valence-electron chi connectivity index (χ2n) is 12.9. The lowest BCUT2D eigenvalue weighted by Gasteiger charge is -2.34. The Morgan fingerprint density at radius 1 is 0.957 bits per heavy atom. The molecule has 0 amide bonds. The molecule has 2 saturated carbocycles. The number of anilines is 4. The Labute approximate surface area is 270 Å². The van der Waals surface area contributed by atoms with Crippen LogP contribution in [0, 0.1) is 0 Å². The molecule has 0 atom stereocenters. The van der Waals surface area contributed by atoms with Crippen LogP contribution in [0.15, 0.2) is 49.1 Å². The Morgan fingerprint density at radius 2 is 1.72 bits per heavy atom.